The molecule has 4 heteroatoms. The van der Waals surface area contributed by atoms with E-state index in [0.717, 1.165) is 0 Å². The Hall–Kier alpha value is -0.900. The average Bonchev–Trinajstić information content (AvgIpc) is 1.99. The van der Waals surface area contributed by atoms with Crippen molar-refractivity contribution in [1.82, 2.24) is 0 Å². The second kappa shape index (κ2) is 5.10. The summed E-state index contributed by atoms with van der Waals surface area (Å²) in [5, 5.41) is 0. The van der Waals surface area contributed by atoms with Crippen molar-refractivity contribution in [3.63, 3.8) is 0 Å². The predicted molar refractivity (Wildman–Crippen MR) is 51.9 cm³/mol. The van der Waals surface area contributed by atoms with E-state index in [1.165, 1.54) is 6.92 Å². The van der Waals surface area contributed by atoms with Gasteiger partial charge in [-0.1, -0.05) is 0 Å². The summed E-state index contributed by atoms with van der Waals surface area (Å²) in [6.45, 7) is 8.89. The highest BCUT2D eigenvalue weighted by Gasteiger charge is 2.17. The molecule has 4 nitrogen and oxygen atoms in total. The Bertz CT molecular complexity index is 215. The van der Waals surface area contributed by atoms with Crippen molar-refractivity contribution in [2.24, 2.45) is 0 Å². The summed E-state index contributed by atoms with van der Waals surface area (Å²) in [6.07, 6.45) is -0.398. The van der Waals surface area contributed by atoms with Gasteiger partial charge in [0, 0.05) is 6.92 Å². The summed E-state index contributed by atoms with van der Waals surface area (Å²) >= 11 is 0. The van der Waals surface area contributed by atoms with Crippen molar-refractivity contribution in [2.75, 3.05) is 6.61 Å². The molecule has 0 fully saturated rings. The summed E-state index contributed by atoms with van der Waals surface area (Å²) in [4.78, 5) is 21.4. The van der Waals surface area contributed by atoms with Crippen molar-refractivity contribution < 1.29 is 19.1 Å². The third kappa shape index (κ3) is 6.60. The minimum absolute atomic E-state index is 0.267. The maximum atomic E-state index is 10.9. The van der Waals surface area contributed by atoms with Crippen molar-refractivity contribution in [3.05, 3.63) is 0 Å². The lowest BCUT2D eigenvalue weighted by Gasteiger charge is -2.22. The molecule has 0 aliphatic carbocycles. The van der Waals surface area contributed by atoms with Crippen LogP contribution in [0.3, 0.4) is 0 Å². The van der Waals surface area contributed by atoms with E-state index in [-0.39, 0.29) is 5.60 Å². The minimum Gasteiger partial charge on any atom is -0.454 e. The third-order valence-electron chi connectivity index (χ3n) is 1.35. The SMILES string of the molecule is CC(=O)C(=O)OC(C)COC(C)(C)C. The molecule has 0 aromatic rings. The van der Waals surface area contributed by atoms with Crippen LogP contribution < -0.4 is 0 Å². The van der Waals surface area contributed by atoms with Crippen LogP contribution in [0.25, 0.3) is 0 Å². The molecule has 0 bridgehead atoms. The van der Waals surface area contributed by atoms with E-state index in [2.05, 4.69) is 0 Å². The molecule has 0 amide bonds. The zero-order chi connectivity index (χ0) is 11.4. The molecule has 0 radical (unpaired) electrons. The second-order valence-electron chi connectivity index (χ2n) is 4.20. The Balaban J connectivity index is 3.82. The number of ether oxygens (including phenoxy) is 2. The first-order valence-electron chi connectivity index (χ1n) is 4.58. The van der Waals surface area contributed by atoms with Gasteiger partial charge >= 0.3 is 5.97 Å². The molecule has 0 spiro atoms. The molecule has 0 aromatic carbocycles. The lowest BCUT2D eigenvalue weighted by molar-refractivity contribution is -0.160. The summed E-state index contributed by atoms with van der Waals surface area (Å²) in [6, 6.07) is 0. The molecule has 0 saturated carbocycles. The van der Waals surface area contributed by atoms with Gasteiger partial charge in [0.2, 0.25) is 5.78 Å². The van der Waals surface area contributed by atoms with E-state index < -0.39 is 17.9 Å². The summed E-state index contributed by atoms with van der Waals surface area (Å²) in [7, 11) is 0. The van der Waals surface area contributed by atoms with E-state index in [1.807, 2.05) is 20.8 Å². The zero-order valence-electron chi connectivity index (χ0n) is 9.42. The topological polar surface area (TPSA) is 52.6 Å². The summed E-state index contributed by atoms with van der Waals surface area (Å²) in [5.74, 6) is -1.40. The molecular formula is C10H18O4. The van der Waals surface area contributed by atoms with Crippen molar-refractivity contribution >= 4 is 11.8 Å². The number of carbonyl (C=O) groups excluding carboxylic acids is 2. The highest BCUT2D eigenvalue weighted by molar-refractivity contribution is 6.32. The Morgan fingerprint density at radius 1 is 1.29 bits per heavy atom. The van der Waals surface area contributed by atoms with Crippen molar-refractivity contribution in [1.29, 1.82) is 0 Å². The van der Waals surface area contributed by atoms with Crippen LogP contribution in [0.5, 0.6) is 0 Å². The molecule has 1 atom stereocenters. The number of rotatable bonds is 4. The quantitative estimate of drug-likeness (QED) is 0.509. The molecule has 0 N–H and O–H groups in total. The smallest absolute Gasteiger partial charge is 0.374 e. The monoisotopic (exact) mass is 202 g/mol. The normalized spacial score (nSPS) is 13.5. The zero-order valence-corrected chi connectivity index (χ0v) is 9.42. The van der Waals surface area contributed by atoms with Gasteiger partial charge in [0.15, 0.2) is 0 Å². The van der Waals surface area contributed by atoms with Gasteiger partial charge in [-0.25, -0.2) is 4.79 Å². The van der Waals surface area contributed by atoms with Gasteiger partial charge in [-0.3, -0.25) is 4.79 Å². The average molecular weight is 202 g/mol. The van der Waals surface area contributed by atoms with E-state index in [4.69, 9.17) is 9.47 Å². The van der Waals surface area contributed by atoms with E-state index >= 15 is 0 Å². The molecule has 14 heavy (non-hydrogen) atoms. The highest BCUT2D eigenvalue weighted by atomic mass is 16.6. The first-order valence-corrected chi connectivity index (χ1v) is 4.58. The van der Waals surface area contributed by atoms with E-state index in [0.29, 0.717) is 6.61 Å². The third-order valence-corrected chi connectivity index (χ3v) is 1.35. The molecule has 0 aromatic heterocycles. The molecule has 82 valence electrons. The van der Waals surface area contributed by atoms with Crippen LogP contribution in [0.4, 0.5) is 0 Å². The first kappa shape index (κ1) is 13.1. The van der Waals surface area contributed by atoms with Crippen LogP contribution in [-0.4, -0.2) is 30.1 Å². The van der Waals surface area contributed by atoms with Gasteiger partial charge in [-0.2, -0.15) is 0 Å². The van der Waals surface area contributed by atoms with Crippen LogP contribution in [0.15, 0.2) is 0 Å². The van der Waals surface area contributed by atoms with Gasteiger partial charge in [0.1, 0.15) is 6.10 Å². The predicted octanol–water partition coefficient (Wildman–Crippen LogP) is 1.32. The summed E-state index contributed by atoms with van der Waals surface area (Å²) < 4.78 is 10.2. The number of Topliss-reactive ketones (excluding diaryl/α,β-unsaturated/α-hetero) is 1. The van der Waals surface area contributed by atoms with E-state index in [1.54, 1.807) is 6.92 Å². The summed E-state index contributed by atoms with van der Waals surface area (Å²) in [5.41, 5.74) is -0.267. The van der Waals surface area contributed by atoms with Gasteiger partial charge in [0.25, 0.3) is 0 Å². The van der Waals surface area contributed by atoms with E-state index in [9.17, 15) is 9.59 Å². The van der Waals surface area contributed by atoms with Crippen LogP contribution in [0.1, 0.15) is 34.6 Å². The van der Waals surface area contributed by atoms with Gasteiger partial charge in [-0.05, 0) is 27.7 Å². The fourth-order valence-electron chi connectivity index (χ4n) is 0.667. The molecule has 0 aliphatic rings. The van der Waals surface area contributed by atoms with Gasteiger partial charge in [-0.15, -0.1) is 0 Å². The van der Waals surface area contributed by atoms with Crippen molar-refractivity contribution in [2.45, 2.75) is 46.3 Å². The number of carbonyl (C=O) groups is 2. The maximum absolute atomic E-state index is 10.9. The lowest BCUT2D eigenvalue weighted by atomic mass is 10.2. The van der Waals surface area contributed by atoms with Crippen molar-refractivity contribution in [3.8, 4) is 0 Å². The fraction of sp³-hybridized carbons (Fsp3) is 0.800. The van der Waals surface area contributed by atoms with Crippen LogP contribution >= 0.6 is 0 Å². The Morgan fingerprint density at radius 2 is 1.79 bits per heavy atom. The number of hydrogen-bond donors (Lipinski definition) is 0. The second-order valence-corrected chi connectivity index (χ2v) is 4.20. The number of ketones is 1. The van der Waals surface area contributed by atoms with Gasteiger partial charge < -0.3 is 9.47 Å². The molecular weight excluding hydrogens is 184 g/mol. The molecule has 0 heterocycles. The first-order chi connectivity index (χ1) is 6.22. The minimum atomic E-state index is -0.810. The molecule has 0 saturated heterocycles. The maximum Gasteiger partial charge on any atom is 0.374 e. The Morgan fingerprint density at radius 3 is 2.14 bits per heavy atom. The molecule has 0 rings (SSSR count). The van der Waals surface area contributed by atoms with Gasteiger partial charge in [0.05, 0.1) is 12.2 Å². The fourth-order valence-corrected chi connectivity index (χ4v) is 0.667. The van der Waals surface area contributed by atoms with Crippen LogP contribution in [0, 0.1) is 0 Å². The Kier molecular flexibility index (Phi) is 4.77. The van der Waals surface area contributed by atoms with Crippen LogP contribution in [0.2, 0.25) is 0 Å². The van der Waals surface area contributed by atoms with Crippen LogP contribution in [-0.2, 0) is 19.1 Å². The standard InChI is InChI=1S/C10H18O4/c1-7(6-13-10(3,4)5)14-9(12)8(2)11/h7H,6H2,1-5H3. The highest BCUT2D eigenvalue weighted by Crippen LogP contribution is 2.08. The largest absolute Gasteiger partial charge is 0.454 e. The molecule has 1 unspecified atom stereocenters. The Labute approximate surface area is 84.6 Å². The molecule has 0 aliphatic heterocycles. The lowest BCUT2D eigenvalue weighted by Crippen LogP contribution is -2.29. The number of esters is 1. The number of hydrogen-bond acceptors (Lipinski definition) is 4.